The molecule has 0 aliphatic rings. The first kappa shape index (κ1) is 15.0. The lowest BCUT2D eigenvalue weighted by Gasteiger charge is -2.11. The Morgan fingerprint density at radius 2 is 1.89 bits per heavy atom. The van der Waals surface area contributed by atoms with Crippen LogP contribution in [0.15, 0.2) is 6.20 Å². The van der Waals surface area contributed by atoms with E-state index in [4.69, 9.17) is 34.8 Å². The number of nitrogens with one attached hydrogen (secondary N) is 1. The van der Waals surface area contributed by atoms with Crippen LogP contribution in [0.5, 0.6) is 0 Å². The molecule has 2 amide bonds. The summed E-state index contributed by atoms with van der Waals surface area (Å²) in [6.07, 6.45) is 1.22. The molecule has 1 heterocycles. The number of hydrogen-bond donors (Lipinski definition) is 1. The summed E-state index contributed by atoms with van der Waals surface area (Å²) in [6, 6.07) is 0. The van der Waals surface area contributed by atoms with Gasteiger partial charge in [-0.2, -0.15) is 0 Å². The molecule has 8 heteroatoms. The highest BCUT2D eigenvalue weighted by Crippen LogP contribution is 2.30. The highest BCUT2D eigenvalue weighted by atomic mass is 35.5. The number of rotatable bonds is 3. The molecule has 0 bridgehead atoms. The van der Waals surface area contributed by atoms with E-state index in [2.05, 4.69) is 10.3 Å². The zero-order chi connectivity index (χ0) is 13.9. The fourth-order valence-electron chi connectivity index (χ4n) is 0.999. The molecule has 0 spiro atoms. The second-order valence-electron chi connectivity index (χ2n) is 3.55. The van der Waals surface area contributed by atoms with Gasteiger partial charge < -0.3 is 10.2 Å². The predicted octanol–water partition coefficient (Wildman–Crippen LogP) is 1.86. The highest BCUT2D eigenvalue weighted by molar-refractivity contribution is 6.48. The van der Waals surface area contributed by atoms with E-state index < -0.39 is 5.91 Å². The van der Waals surface area contributed by atoms with Gasteiger partial charge in [0, 0.05) is 20.3 Å². The van der Waals surface area contributed by atoms with Crippen molar-refractivity contribution in [1.29, 1.82) is 0 Å². The maximum atomic E-state index is 11.7. The van der Waals surface area contributed by atoms with Gasteiger partial charge in [-0.1, -0.05) is 34.8 Å². The van der Waals surface area contributed by atoms with Crippen molar-refractivity contribution >= 4 is 46.6 Å². The molecule has 1 N–H and O–H groups in total. The number of amides is 2. The first-order chi connectivity index (χ1) is 8.34. The maximum Gasteiger partial charge on any atom is 0.271 e. The third-order valence-corrected chi connectivity index (χ3v) is 3.27. The quantitative estimate of drug-likeness (QED) is 0.927. The Morgan fingerprint density at radius 3 is 2.44 bits per heavy atom. The summed E-state index contributed by atoms with van der Waals surface area (Å²) in [5.41, 5.74) is -0.0716. The Morgan fingerprint density at radius 1 is 1.28 bits per heavy atom. The summed E-state index contributed by atoms with van der Waals surface area (Å²) >= 11 is 17.3. The minimum Gasteiger partial charge on any atom is -0.347 e. The van der Waals surface area contributed by atoms with Crippen LogP contribution in [-0.2, 0) is 4.79 Å². The molecule has 0 aliphatic carbocycles. The summed E-state index contributed by atoms with van der Waals surface area (Å²) in [6.45, 7) is -0.149. The molecule has 5 nitrogen and oxygen atoms in total. The van der Waals surface area contributed by atoms with Gasteiger partial charge in [0.1, 0.15) is 5.69 Å². The minimum atomic E-state index is -0.589. The van der Waals surface area contributed by atoms with Gasteiger partial charge in [-0.15, -0.1) is 0 Å². The van der Waals surface area contributed by atoms with Gasteiger partial charge in [0.2, 0.25) is 5.91 Å². The van der Waals surface area contributed by atoms with E-state index in [0.29, 0.717) is 0 Å². The molecule has 0 saturated carbocycles. The lowest BCUT2D eigenvalue weighted by atomic mass is 10.3. The number of hydrogen-bond acceptors (Lipinski definition) is 3. The van der Waals surface area contributed by atoms with Gasteiger partial charge >= 0.3 is 0 Å². The first-order valence-electron chi connectivity index (χ1n) is 4.82. The molecular weight excluding hydrogens is 300 g/mol. The second-order valence-corrected chi connectivity index (χ2v) is 4.72. The lowest BCUT2D eigenvalue weighted by molar-refractivity contribution is -0.127. The van der Waals surface area contributed by atoms with Crippen molar-refractivity contribution in [1.82, 2.24) is 15.2 Å². The van der Waals surface area contributed by atoms with Gasteiger partial charge in [-0.05, 0) is 0 Å². The van der Waals surface area contributed by atoms with Crippen LogP contribution in [0.2, 0.25) is 15.1 Å². The monoisotopic (exact) mass is 309 g/mol. The molecule has 98 valence electrons. The summed E-state index contributed by atoms with van der Waals surface area (Å²) in [5.74, 6) is -0.840. The van der Waals surface area contributed by atoms with E-state index in [0.717, 1.165) is 0 Å². The number of carbonyl (C=O) groups is 2. The van der Waals surface area contributed by atoms with Crippen molar-refractivity contribution in [3.05, 3.63) is 27.0 Å². The van der Waals surface area contributed by atoms with E-state index in [9.17, 15) is 9.59 Å². The molecule has 0 radical (unpaired) electrons. The van der Waals surface area contributed by atoms with Gasteiger partial charge in [0.05, 0.1) is 21.6 Å². The Kier molecular flexibility index (Phi) is 5.19. The van der Waals surface area contributed by atoms with Crippen molar-refractivity contribution < 1.29 is 9.59 Å². The van der Waals surface area contributed by atoms with Crippen LogP contribution in [0.3, 0.4) is 0 Å². The maximum absolute atomic E-state index is 11.7. The second kappa shape index (κ2) is 6.22. The van der Waals surface area contributed by atoms with E-state index in [1.54, 1.807) is 14.1 Å². The highest BCUT2D eigenvalue weighted by Gasteiger charge is 2.17. The molecule has 0 unspecified atom stereocenters. The smallest absolute Gasteiger partial charge is 0.271 e. The SMILES string of the molecule is CN(C)C(=O)CNC(=O)c1ncc(Cl)c(Cl)c1Cl. The molecule has 1 aromatic rings. The van der Waals surface area contributed by atoms with Crippen molar-refractivity contribution in [2.24, 2.45) is 0 Å². The number of pyridine rings is 1. The standard InChI is InChI=1S/C10H10Cl3N3O2/c1-16(2)6(17)4-15-10(18)9-8(13)7(12)5(11)3-14-9/h3H,4H2,1-2H3,(H,15,18). The number of aromatic nitrogens is 1. The van der Waals surface area contributed by atoms with Crippen molar-refractivity contribution in [3.8, 4) is 0 Å². The van der Waals surface area contributed by atoms with Crippen LogP contribution in [0.25, 0.3) is 0 Å². The first-order valence-corrected chi connectivity index (χ1v) is 5.95. The third-order valence-electron chi connectivity index (χ3n) is 2.03. The van der Waals surface area contributed by atoms with E-state index >= 15 is 0 Å². The molecule has 0 aliphatic heterocycles. The molecule has 1 aromatic heterocycles. The molecular formula is C10H10Cl3N3O2. The third kappa shape index (κ3) is 3.48. The largest absolute Gasteiger partial charge is 0.347 e. The Balaban J connectivity index is 2.80. The summed E-state index contributed by atoms with van der Waals surface area (Å²) in [5, 5.41) is 2.55. The number of carbonyl (C=O) groups excluding carboxylic acids is 2. The van der Waals surface area contributed by atoms with Crippen molar-refractivity contribution in [2.75, 3.05) is 20.6 Å². The van der Waals surface area contributed by atoms with Crippen LogP contribution >= 0.6 is 34.8 Å². The van der Waals surface area contributed by atoms with Crippen LogP contribution in [-0.4, -0.2) is 42.3 Å². The molecule has 18 heavy (non-hydrogen) atoms. The number of likely N-dealkylation sites (N-methyl/N-ethyl adjacent to an activating group) is 1. The Hall–Kier alpha value is -1.04. The minimum absolute atomic E-state index is 0.0426. The zero-order valence-corrected chi connectivity index (χ0v) is 11.9. The van der Waals surface area contributed by atoms with Crippen LogP contribution in [0.1, 0.15) is 10.5 Å². The van der Waals surface area contributed by atoms with Crippen LogP contribution in [0, 0.1) is 0 Å². The Labute approximate surface area is 119 Å². The molecule has 0 saturated heterocycles. The lowest BCUT2D eigenvalue weighted by Crippen LogP contribution is -2.36. The normalized spacial score (nSPS) is 10.1. The molecule has 0 fully saturated rings. The van der Waals surface area contributed by atoms with E-state index in [1.165, 1.54) is 11.1 Å². The predicted molar refractivity (Wildman–Crippen MR) is 70.3 cm³/mol. The topological polar surface area (TPSA) is 62.3 Å². The fraction of sp³-hybridized carbons (Fsp3) is 0.300. The van der Waals surface area contributed by atoms with Gasteiger partial charge in [0.25, 0.3) is 5.91 Å². The zero-order valence-electron chi connectivity index (χ0n) is 9.63. The average molecular weight is 311 g/mol. The van der Waals surface area contributed by atoms with E-state index in [-0.39, 0.29) is 33.2 Å². The van der Waals surface area contributed by atoms with Gasteiger partial charge in [-0.3, -0.25) is 9.59 Å². The van der Waals surface area contributed by atoms with Crippen molar-refractivity contribution in [3.63, 3.8) is 0 Å². The summed E-state index contributed by atoms with van der Waals surface area (Å²) in [4.78, 5) is 28.1. The molecule has 0 aromatic carbocycles. The van der Waals surface area contributed by atoms with E-state index in [1.807, 2.05) is 0 Å². The fourth-order valence-corrected chi connectivity index (χ4v) is 1.57. The van der Waals surface area contributed by atoms with Gasteiger partial charge in [0.15, 0.2) is 0 Å². The number of halogens is 3. The molecule has 0 atom stereocenters. The van der Waals surface area contributed by atoms with Crippen LogP contribution < -0.4 is 5.32 Å². The van der Waals surface area contributed by atoms with Gasteiger partial charge in [-0.25, -0.2) is 4.98 Å². The van der Waals surface area contributed by atoms with Crippen molar-refractivity contribution in [2.45, 2.75) is 0 Å². The summed E-state index contributed by atoms with van der Waals surface area (Å²) in [7, 11) is 3.16. The average Bonchev–Trinajstić information content (AvgIpc) is 2.32. The summed E-state index contributed by atoms with van der Waals surface area (Å²) < 4.78 is 0. The van der Waals surface area contributed by atoms with Crippen LogP contribution in [0.4, 0.5) is 0 Å². The Bertz CT molecular complexity index is 492. The molecule has 1 rings (SSSR count). The number of nitrogens with zero attached hydrogens (tertiary/aromatic N) is 2.